The van der Waals surface area contributed by atoms with Crippen molar-refractivity contribution in [3.63, 3.8) is 0 Å². The van der Waals surface area contributed by atoms with E-state index in [0.717, 1.165) is 47.9 Å². The summed E-state index contributed by atoms with van der Waals surface area (Å²) in [5, 5.41) is 30.1. The molecule has 0 spiro atoms. The van der Waals surface area contributed by atoms with E-state index in [1.807, 2.05) is 60.7 Å². The fourth-order valence-electron chi connectivity index (χ4n) is 8.36. The molecule has 4 aromatic carbocycles. The largest absolute Gasteiger partial charge is 0.490 e. The molecule has 18 heteroatoms. The number of carbonyl (C=O) groups is 2. The van der Waals surface area contributed by atoms with Gasteiger partial charge in [0.05, 0.1) is 22.0 Å². The molecule has 0 aliphatic carbocycles. The lowest BCUT2D eigenvalue weighted by atomic mass is 10.0. The highest BCUT2D eigenvalue weighted by Crippen LogP contribution is 2.40. The molecule has 0 aliphatic rings. The molecule has 0 radical (unpaired) electrons. The van der Waals surface area contributed by atoms with E-state index in [4.69, 9.17) is 32.7 Å². The van der Waals surface area contributed by atoms with Gasteiger partial charge >= 0.3 is 0 Å². The average Bonchev–Trinajstić information content (AvgIpc) is 4.13. The number of hydrogen-bond acceptors (Lipinski definition) is 10. The van der Waals surface area contributed by atoms with Gasteiger partial charge in [0, 0.05) is 45.4 Å². The molecule has 2 amide bonds. The van der Waals surface area contributed by atoms with Crippen molar-refractivity contribution in [1.29, 1.82) is 0 Å². The lowest BCUT2D eigenvalue weighted by molar-refractivity contribution is 0.0944. The lowest BCUT2D eigenvalue weighted by Crippen LogP contribution is -2.24. The Hall–Kier alpha value is -4.90. The molecule has 2 aromatic heterocycles. The Morgan fingerprint density at radius 2 is 1.00 bits per heavy atom. The van der Waals surface area contributed by atoms with Gasteiger partial charge in [-0.2, -0.15) is 4.80 Å². The second kappa shape index (κ2) is 35.4. The van der Waals surface area contributed by atoms with Crippen LogP contribution in [0.1, 0.15) is 163 Å². The van der Waals surface area contributed by atoms with E-state index in [-0.39, 0.29) is 11.8 Å². The molecule has 0 aliphatic heterocycles. The zero-order valence-corrected chi connectivity index (χ0v) is 47.9. The Bertz CT molecular complexity index is 2360. The molecular formula is C56H74Br2Cl2N10O4. The molecule has 6 rings (SSSR count). The molecule has 2 N–H and O–H groups in total. The highest BCUT2D eigenvalue weighted by Gasteiger charge is 2.19. The smallest absolute Gasteiger partial charge is 0.251 e. The Kier molecular flexibility index (Phi) is 28.7. The molecular weight excluding hydrogens is 1110 g/mol. The van der Waals surface area contributed by atoms with Crippen LogP contribution in [-0.2, 0) is 13.1 Å². The summed E-state index contributed by atoms with van der Waals surface area (Å²) in [6.07, 6.45) is 28.3. The quantitative estimate of drug-likeness (QED) is 0.0372. The van der Waals surface area contributed by atoms with E-state index in [0.29, 0.717) is 81.0 Å². The predicted molar refractivity (Wildman–Crippen MR) is 304 cm³/mol. The van der Waals surface area contributed by atoms with Crippen LogP contribution in [0.15, 0.2) is 94.4 Å². The average molecular weight is 1180 g/mol. The van der Waals surface area contributed by atoms with Gasteiger partial charge in [0.15, 0.2) is 6.33 Å². The van der Waals surface area contributed by atoms with Crippen LogP contribution in [0.25, 0.3) is 22.3 Å². The second-order valence-corrected chi connectivity index (χ2v) is 20.9. The third kappa shape index (κ3) is 22.1. The standard InChI is InChI=1S/2C28H37BrClN5O2/c1-2-3-4-5-6-7-8-9-10-11-15-31-28(36)23-19-25(22-13-12-14-24(30)18-22)27(26(29)20-23)37-17-16-35-21-32-33-34-35;1-2-3-4-5-6-7-8-9-10-11-15-31-28(36)23-19-25(22-13-12-14-24(30)18-22)27(26(29)20-23)37-17-16-35-33-21-32-34-35/h2*12-14,18-21H,2-11,15-17H2,1H3,(H,31,36). The molecule has 74 heavy (non-hydrogen) atoms. The third-order valence-corrected chi connectivity index (χ3v) is 14.1. The highest BCUT2D eigenvalue weighted by atomic mass is 79.9. The number of hydrogen-bond donors (Lipinski definition) is 2. The minimum Gasteiger partial charge on any atom is -0.490 e. The number of tetrazole rings is 2. The van der Waals surface area contributed by atoms with E-state index in [1.54, 1.807) is 23.1 Å². The first-order chi connectivity index (χ1) is 36.2. The van der Waals surface area contributed by atoms with E-state index in [1.165, 1.54) is 114 Å². The van der Waals surface area contributed by atoms with Crippen molar-refractivity contribution in [3.05, 3.63) is 116 Å². The van der Waals surface area contributed by atoms with E-state index in [9.17, 15) is 9.59 Å². The fraction of sp³-hybridized carbons (Fsp3) is 0.500. The van der Waals surface area contributed by atoms with Gasteiger partial charge in [-0.3, -0.25) is 9.59 Å². The van der Waals surface area contributed by atoms with Crippen molar-refractivity contribution in [2.24, 2.45) is 0 Å². The van der Waals surface area contributed by atoms with Crippen LogP contribution in [0.4, 0.5) is 0 Å². The number of ether oxygens (including phenoxy) is 2. The number of benzene rings is 4. The minimum atomic E-state index is -0.0988. The summed E-state index contributed by atoms with van der Waals surface area (Å²) in [6.45, 7) is 7.49. The Morgan fingerprint density at radius 3 is 1.41 bits per heavy atom. The molecule has 0 fully saturated rings. The first kappa shape index (κ1) is 60.0. The van der Waals surface area contributed by atoms with Crippen molar-refractivity contribution in [2.45, 2.75) is 155 Å². The molecule has 400 valence electrons. The third-order valence-electron chi connectivity index (χ3n) is 12.4. The summed E-state index contributed by atoms with van der Waals surface area (Å²) in [4.78, 5) is 27.4. The predicted octanol–water partition coefficient (Wildman–Crippen LogP) is 15.0. The molecule has 0 bridgehead atoms. The molecule has 0 saturated carbocycles. The SMILES string of the molecule is CCCCCCCCCCCCNC(=O)c1cc(Br)c(OCCn2cnnn2)c(-c2cccc(Cl)c2)c1.CCCCCCCCCCCCNC(=O)c1cc(Br)c(OCCn2ncnn2)c(-c2cccc(Cl)c2)c1. The molecule has 0 atom stereocenters. The maximum Gasteiger partial charge on any atom is 0.251 e. The summed E-state index contributed by atoms with van der Waals surface area (Å²) in [5.41, 5.74) is 4.45. The van der Waals surface area contributed by atoms with Crippen LogP contribution in [0, 0.1) is 0 Å². The van der Waals surface area contributed by atoms with Crippen LogP contribution in [0.2, 0.25) is 10.0 Å². The summed E-state index contributed by atoms with van der Waals surface area (Å²) in [7, 11) is 0. The normalized spacial score (nSPS) is 11.0. The molecule has 0 saturated heterocycles. The molecule has 14 nitrogen and oxygen atoms in total. The van der Waals surface area contributed by atoms with Crippen LogP contribution in [0.5, 0.6) is 11.5 Å². The number of amides is 2. The van der Waals surface area contributed by atoms with Gasteiger partial charge in [0.2, 0.25) is 0 Å². The zero-order chi connectivity index (χ0) is 52.6. The lowest BCUT2D eigenvalue weighted by Gasteiger charge is -2.16. The van der Waals surface area contributed by atoms with Crippen molar-refractivity contribution >= 4 is 66.9 Å². The zero-order valence-electron chi connectivity index (χ0n) is 43.2. The summed E-state index contributed by atoms with van der Waals surface area (Å²) in [6, 6.07) is 22.3. The summed E-state index contributed by atoms with van der Waals surface area (Å²) < 4.78 is 15.2. The Morgan fingerprint density at radius 1 is 0.554 bits per heavy atom. The molecule has 6 aromatic rings. The maximum absolute atomic E-state index is 13.0. The number of nitrogens with one attached hydrogen (secondary N) is 2. The van der Waals surface area contributed by atoms with Crippen molar-refractivity contribution < 1.29 is 19.1 Å². The van der Waals surface area contributed by atoms with Gasteiger partial charge in [0.25, 0.3) is 11.8 Å². The molecule has 0 unspecified atom stereocenters. The first-order valence-corrected chi connectivity index (χ1v) is 28.9. The Balaban J connectivity index is 0.000000274. The number of rotatable bonds is 34. The van der Waals surface area contributed by atoms with Gasteiger partial charge in [0.1, 0.15) is 31.0 Å². The van der Waals surface area contributed by atoms with Crippen molar-refractivity contribution in [1.82, 2.24) is 51.0 Å². The number of carbonyl (C=O) groups excluding carboxylic acids is 2. The van der Waals surface area contributed by atoms with Gasteiger partial charge in [-0.25, -0.2) is 4.68 Å². The number of nitrogens with zero attached hydrogens (tertiary/aromatic N) is 8. The maximum atomic E-state index is 13.0. The van der Waals surface area contributed by atoms with E-state index < -0.39 is 0 Å². The monoisotopic (exact) mass is 1180 g/mol. The molecule has 2 heterocycles. The number of unbranched alkanes of at least 4 members (excludes halogenated alkanes) is 18. The van der Waals surface area contributed by atoms with Gasteiger partial charge in [-0.15, -0.1) is 15.3 Å². The fourth-order valence-corrected chi connectivity index (χ4v) is 9.89. The minimum absolute atomic E-state index is 0.0971. The van der Waals surface area contributed by atoms with Crippen LogP contribution in [-0.4, -0.2) is 78.5 Å². The van der Waals surface area contributed by atoms with Gasteiger partial charge in [-0.05, 0) is 120 Å². The first-order valence-electron chi connectivity index (χ1n) is 26.6. The summed E-state index contributed by atoms with van der Waals surface area (Å²) in [5.74, 6) is 1.08. The second-order valence-electron chi connectivity index (χ2n) is 18.4. The number of halogens is 4. The number of aromatic nitrogens is 8. The highest BCUT2D eigenvalue weighted by molar-refractivity contribution is 9.11. The van der Waals surface area contributed by atoms with Crippen LogP contribution in [0.3, 0.4) is 0 Å². The summed E-state index contributed by atoms with van der Waals surface area (Å²) >= 11 is 19.7. The van der Waals surface area contributed by atoms with Crippen LogP contribution >= 0.6 is 55.1 Å². The van der Waals surface area contributed by atoms with Crippen molar-refractivity contribution in [2.75, 3.05) is 26.3 Å². The Labute approximate surface area is 465 Å². The van der Waals surface area contributed by atoms with E-state index >= 15 is 0 Å². The van der Waals surface area contributed by atoms with Crippen LogP contribution < -0.4 is 20.1 Å². The van der Waals surface area contributed by atoms with Gasteiger partial charge < -0.3 is 20.1 Å². The van der Waals surface area contributed by atoms with Gasteiger partial charge in [-0.1, -0.05) is 177 Å². The van der Waals surface area contributed by atoms with Crippen molar-refractivity contribution in [3.8, 4) is 33.8 Å². The van der Waals surface area contributed by atoms with E-state index in [2.05, 4.69) is 87.3 Å². The topological polar surface area (TPSA) is 164 Å².